The molecule has 0 bridgehead atoms. The number of aryl methyl sites for hydroxylation is 1. The molecule has 0 radical (unpaired) electrons. The Morgan fingerprint density at radius 2 is 2.23 bits per heavy atom. The first-order valence-electron chi connectivity index (χ1n) is 3.57. The van der Waals surface area contributed by atoms with Crippen molar-refractivity contribution in [2.24, 2.45) is 5.73 Å². The minimum atomic E-state index is -2.57. The topological polar surface area (TPSA) is 56.0 Å². The number of amides is 1. The summed E-state index contributed by atoms with van der Waals surface area (Å²) in [7, 11) is 0. The Labute approximate surface area is 73.6 Å². The van der Waals surface area contributed by atoms with Crippen molar-refractivity contribution in [3.63, 3.8) is 0 Å². The number of pyridine rings is 1. The average Bonchev–Trinajstić information content (AvgIpc) is 2.03. The first-order chi connectivity index (χ1) is 6.02. The molecule has 0 saturated carbocycles. The second kappa shape index (κ2) is 3.47. The SMILES string of the molecule is Cc1cc(C(N)=O)ncc1C(F)F. The van der Waals surface area contributed by atoms with Crippen LogP contribution in [-0.2, 0) is 0 Å². The van der Waals surface area contributed by atoms with E-state index in [-0.39, 0.29) is 11.3 Å². The van der Waals surface area contributed by atoms with E-state index in [1.165, 1.54) is 13.0 Å². The molecular weight excluding hydrogens is 178 g/mol. The maximum Gasteiger partial charge on any atom is 0.267 e. The van der Waals surface area contributed by atoms with Crippen LogP contribution in [0.5, 0.6) is 0 Å². The minimum Gasteiger partial charge on any atom is -0.364 e. The molecule has 5 heteroatoms. The molecule has 0 aromatic carbocycles. The smallest absolute Gasteiger partial charge is 0.267 e. The first kappa shape index (κ1) is 9.57. The highest BCUT2D eigenvalue weighted by Crippen LogP contribution is 2.21. The molecule has 0 aliphatic heterocycles. The minimum absolute atomic E-state index is 0.00176. The van der Waals surface area contributed by atoms with E-state index in [0.29, 0.717) is 5.56 Å². The number of halogens is 2. The number of primary amides is 1. The number of nitrogens with zero attached hydrogens (tertiary/aromatic N) is 1. The fourth-order valence-electron chi connectivity index (χ4n) is 0.930. The van der Waals surface area contributed by atoms with Gasteiger partial charge in [-0.05, 0) is 18.6 Å². The Bertz CT molecular complexity index is 339. The molecule has 70 valence electrons. The summed E-state index contributed by atoms with van der Waals surface area (Å²) in [6.45, 7) is 1.48. The summed E-state index contributed by atoms with van der Waals surface area (Å²) in [5.41, 5.74) is 5.06. The van der Waals surface area contributed by atoms with Crippen molar-refractivity contribution in [2.45, 2.75) is 13.3 Å². The summed E-state index contributed by atoms with van der Waals surface area (Å²) in [6, 6.07) is 1.25. The summed E-state index contributed by atoms with van der Waals surface area (Å²) < 4.78 is 24.4. The van der Waals surface area contributed by atoms with Crippen LogP contribution < -0.4 is 5.73 Å². The van der Waals surface area contributed by atoms with Gasteiger partial charge in [0.2, 0.25) is 0 Å². The number of alkyl halides is 2. The molecule has 0 fully saturated rings. The van der Waals surface area contributed by atoms with Crippen molar-refractivity contribution >= 4 is 5.91 Å². The number of rotatable bonds is 2. The molecular formula is C8H8F2N2O. The highest BCUT2D eigenvalue weighted by molar-refractivity contribution is 5.90. The Morgan fingerprint density at radius 1 is 1.62 bits per heavy atom. The lowest BCUT2D eigenvalue weighted by Crippen LogP contribution is -2.13. The average molecular weight is 186 g/mol. The Kier molecular flexibility index (Phi) is 2.55. The van der Waals surface area contributed by atoms with E-state index in [9.17, 15) is 13.6 Å². The summed E-state index contributed by atoms with van der Waals surface area (Å²) in [5.74, 6) is -0.719. The van der Waals surface area contributed by atoms with Gasteiger partial charge in [0.05, 0.1) is 0 Å². The van der Waals surface area contributed by atoms with E-state index in [1.54, 1.807) is 0 Å². The zero-order valence-electron chi connectivity index (χ0n) is 6.92. The van der Waals surface area contributed by atoms with E-state index in [1.807, 2.05) is 0 Å². The molecule has 0 unspecified atom stereocenters. The van der Waals surface area contributed by atoms with Crippen molar-refractivity contribution in [1.82, 2.24) is 4.98 Å². The van der Waals surface area contributed by atoms with Gasteiger partial charge in [0.25, 0.3) is 12.3 Å². The lowest BCUT2D eigenvalue weighted by Gasteiger charge is -2.04. The Hall–Kier alpha value is -1.52. The van der Waals surface area contributed by atoms with Gasteiger partial charge in [-0.1, -0.05) is 0 Å². The molecule has 0 aliphatic carbocycles. The van der Waals surface area contributed by atoms with E-state index >= 15 is 0 Å². The quantitative estimate of drug-likeness (QED) is 0.759. The Morgan fingerprint density at radius 3 is 2.62 bits per heavy atom. The van der Waals surface area contributed by atoms with Crippen LogP contribution in [0.15, 0.2) is 12.3 Å². The number of carbonyl (C=O) groups is 1. The molecule has 0 spiro atoms. The van der Waals surface area contributed by atoms with Crippen LogP contribution in [-0.4, -0.2) is 10.9 Å². The van der Waals surface area contributed by atoms with Crippen LogP contribution in [0.25, 0.3) is 0 Å². The first-order valence-corrected chi connectivity index (χ1v) is 3.57. The number of hydrogen-bond donors (Lipinski definition) is 1. The summed E-state index contributed by atoms with van der Waals surface area (Å²) in [6.07, 6.45) is -1.60. The third-order valence-electron chi connectivity index (χ3n) is 1.64. The number of carbonyl (C=O) groups excluding carboxylic acids is 1. The number of hydrogen-bond acceptors (Lipinski definition) is 2. The molecule has 13 heavy (non-hydrogen) atoms. The third-order valence-corrected chi connectivity index (χ3v) is 1.64. The summed E-state index contributed by atoms with van der Waals surface area (Å²) in [4.78, 5) is 14.1. The van der Waals surface area contributed by atoms with Crippen LogP contribution in [0.1, 0.15) is 28.0 Å². The predicted molar refractivity (Wildman–Crippen MR) is 42.4 cm³/mol. The molecule has 3 nitrogen and oxygen atoms in total. The highest BCUT2D eigenvalue weighted by atomic mass is 19.3. The van der Waals surface area contributed by atoms with Gasteiger partial charge in [0.1, 0.15) is 5.69 Å². The number of aromatic nitrogens is 1. The molecule has 0 saturated heterocycles. The van der Waals surface area contributed by atoms with Crippen molar-refractivity contribution in [1.29, 1.82) is 0 Å². The predicted octanol–water partition coefficient (Wildman–Crippen LogP) is 1.43. The van der Waals surface area contributed by atoms with Crippen LogP contribution in [0.2, 0.25) is 0 Å². The molecule has 0 aliphatic rings. The fraction of sp³-hybridized carbons (Fsp3) is 0.250. The van der Waals surface area contributed by atoms with Gasteiger partial charge in [-0.2, -0.15) is 0 Å². The monoisotopic (exact) mass is 186 g/mol. The second-order valence-corrected chi connectivity index (χ2v) is 2.59. The van der Waals surface area contributed by atoms with Crippen LogP contribution in [0.3, 0.4) is 0 Å². The van der Waals surface area contributed by atoms with E-state index < -0.39 is 12.3 Å². The molecule has 1 aromatic rings. The van der Waals surface area contributed by atoms with Crippen molar-refractivity contribution in [3.05, 3.63) is 29.1 Å². The molecule has 1 amide bonds. The fourth-order valence-corrected chi connectivity index (χ4v) is 0.930. The highest BCUT2D eigenvalue weighted by Gasteiger charge is 2.12. The zero-order valence-corrected chi connectivity index (χ0v) is 6.92. The second-order valence-electron chi connectivity index (χ2n) is 2.59. The molecule has 1 heterocycles. The molecule has 1 aromatic heterocycles. The normalized spacial score (nSPS) is 10.5. The van der Waals surface area contributed by atoms with Gasteiger partial charge in [0, 0.05) is 11.8 Å². The molecule has 2 N–H and O–H groups in total. The lowest BCUT2D eigenvalue weighted by atomic mass is 10.1. The van der Waals surface area contributed by atoms with Gasteiger partial charge >= 0.3 is 0 Å². The van der Waals surface area contributed by atoms with Gasteiger partial charge in [-0.3, -0.25) is 9.78 Å². The van der Waals surface area contributed by atoms with Gasteiger partial charge in [0.15, 0.2) is 0 Å². The van der Waals surface area contributed by atoms with E-state index in [0.717, 1.165) is 6.20 Å². The zero-order chi connectivity index (χ0) is 10.0. The van der Waals surface area contributed by atoms with Crippen LogP contribution >= 0.6 is 0 Å². The van der Waals surface area contributed by atoms with Gasteiger partial charge in [-0.25, -0.2) is 8.78 Å². The van der Waals surface area contributed by atoms with Crippen molar-refractivity contribution < 1.29 is 13.6 Å². The maximum atomic E-state index is 12.2. The van der Waals surface area contributed by atoms with Crippen molar-refractivity contribution in [3.8, 4) is 0 Å². The van der Waals surface area contributed by atoms with Crippen molar-refractivity contribution in [2.75, 3.05) is 0 Å². The lowest BCUT2D eigenvalue weighted by molar-refractivity contribution is 0.0994. The summed E-state index contributed by atoms with van der Waals surface area (Å²) >= 11 is 0. The Balaban J connectivity index is 3.13. The summed E-state index contributed by atoms with van der Waals surface area (Å²) in [5, 5.41) is 0. The van der Waals surface area contributed by atoms with E-state index in [4.69, 9.17) is 5.73 Å². The van der Waals surface area contributed by atoms with E-state index in [2.05, 4.69) is 4.98 Å². The molecule has 1 rings (SSSR count). The largest absolute Gasteiger partial charge is 0.364 e. The van der Waals surface area contributed by atoms with Gasteiger partial charge < -0.3 is 5.73 Å². The maximum absolute atomic E-state index is 12.2. The third kappa shape index (κ3) is 1.99. The number of nitrogens with two attached hydrogens (primary N) is 1. The van der Waals surface area contributed by atoms with Crippen LogP contribution in [0.4, 0.5) is 8.78 Å². The van der Waals surface area contributed by atoms with Crippen LogP contribution in [0, 0.1) is 6.92 Å². The van der Waals surface area contributed by atoms with Gasteiger partial charge in [-0.15, -0.1) is 0 Å². The standard InChI is InChI=1S/C8H8F2N2O/c1-4-2-6(8(11)13)12-3-5(4)7(9)10/h2-3,7H,1H3,(H2,11,13). The molecule has 0 atom stereocenters.